The zero-order valence-electron chi connectivity index (χ0n) is 13.7. The van der Waals surface area contributed by atoms with Gasteiger partial charge in [0.2, 0.25) is 0 Å². The molecule has 1 heterocycles. The van der Waals surface area contributed by atoms with Crippen molar-refractivity contribution >= 4 is 0 Å². The van der Waals surface area contributed by atoms with Gasteiger partial charge < -0.3 is 15.4 Å². The molecule has 0 bridgehead atoms. The molecule has 2 aromatic rings. The first-order chi connectivity index (χ1) is 11.7. The average molecular weight is 332 g/mol. The predicted molar refractivity (Wildman–Crippen MR) is 90.0 cm³/mol. The van der Waals surface area contributed by atoms with Crippen LogP contribution in [-0.4, -0.2) is 19.7 Å². The third-order valence-electron chi connectivity index (χ3n) is 4.51. The normalized spacial score (nSPS) is 20.8. The second-order valence-electron chi connectivity index (χ2n) is 6.10. The number of nitrogens with one attached hydrogen (secondary N) is 2. The summed E-state index contributed by atoms with van der Waals surface area (Å²) >= 11 is 0. The molecule has 5 heteroatoms. The molecule has 0 amide bonds. The number of methoxy groups -OCH3 is 1. The van der Waals surface area contributed by atoms with Gasteiger partial charge in [-0.25, -0.2) is 8.78 Å². The van der Waals surface area contributed by atoms with Crippen LogP contribution in [0.25, 0.3) is 0 Å². The molecule has 2 atom stereocenters. The molecule has 24 heavy (non-hydrogen) atoms. The summed E-state index contributed by atoms with van der Waals surface area (Å²) in [5.41, 5.74) is 1.90. The maximum atomic E-state index is 13.5. The number of piperidine rings is 1. The van der Waals surface area contributed by atoms with Gasteiger partial charge in [-0.1, -0.05) is 30.3 Å². The SMILES string of the molecule is COc1cc(F)c(F)cc1CNC1CCNC(c2ccccc2)C1. The first-order valence-corrected chi connectivity index (χ1v) is 8.21. The van der Waals surface area contributed by atoms with Gasteiger partial charge in [-0.2, -0.15) is 0 Å². The van der Waals surface area contributed by atoms with Crippen molar-refractivity contribution in [1.82, 2.24) is 10.6 Å². The Kier molecular flexibility index (Phi) is 5.43. The molecule has 0 spiro atoms. The molecule has 3 rings (SSSR count). The molecule has 2 N–H and O–H groups in total. The molecule has 3 nitrogen and oxygen atoms in total. The zero-order valence-corrected chi connectivity index (χ0v) is 13.7. The minimum atomic E-state index is -0.887. The van der Waals surface area contributed by atoms with Gasteiger partial charge >= 0.3 is 0 Å². The van der Waals surface area contributed by atoms with Crippen LogP contribution in [0.4, 0.5) is 8.78 Å². The van der Waals surface area contributed by atoms with Gasteiger partial charge in [-0.3, -0.25) is 0 Å². The molecule has 1 aliphatic rings. The molecule has 0 aromatic heterocycles. The highest BCUT2D eigenvalue weighted by atomic mass is 19.2. The van der Waals surface area contributed by atoms with Gasteiger partial charge in [-0.05, 0) is 31.0 Å². The van der Waals surface area contributed by atoms with Crippen LogP contribution in [0, 0.1) is 11.6 Å². The summed E-state index contributed by atoms with van der Waals surface area (Å²) in [7, 11) is 1.46. The molecule has 0 radical (unpaired) electrons. The second-order valence-corrected chi connectivity index (χ2v) is 6.10. The Balaban J connectivity index is 1.63. The van der Waals surface area contributed by atoms with Crippen molar-refractivity contribution in [1.29, 1.82) is 0 Å². The van der Waals surface area contributed by atoms with E-state index in [1.54, 1.807) is 0 Å². The molecular weight excluding hydrogens is 310 g/mol. The maximum absolute atomic E-state index is 13.5. The fraction of sp³-hybridized carbons (Fsp3) is 0.368. The summed E-state index contributed by atoms with van der Waals surface area (Å²) in [6.07, 6.45) is 1.95. The van der Waals surface area contributed by atoms with Crippen LogP contribution >= 0.6 is 0 Å². The molecule has 2 unspecified atom stereocenters. The number of ether oxygens (including phenoxy) is 1. The third kappa shape index (κ3) is 3.91. The van der Waals surface area contributed by atoms with Crippen molar-refractivity contribution in [3.8, 4) is 5.75 Å². The van der Waals surface area contributed by atoms with Gasteiger partial charge in [0.25, 0.3) is 0 Å². The Morgan fingerprint density at radius 2 is 1.92 bits per heavy atom. The fourth-order valence-corrected chi connectivity index (χ4v) is 3.19. The lowest BCUT2D eigenvalue weighted by atomic mass is 9.93. The van der Waals surface area contributed by atoms with Crippen LogP contribution in [0.2, 0.25) is 0 Å². The van der Waals surface area contributed by atoms with E-state index in [1.165, 1.54) is 18.7 Å². The quantitative estimate of drug-likeness (QED) is 0.878. The number of benzene rings is 2. The van der Waals surface area contributed by atoms with E-state index in [1.807, 2.05) is 18.2 Å². The molecule has 2 aromatic carbocycles. The fourth-order valence-electron chi connectivity index (χ4n) is 3.19. The molecule has 1 fully saturated rings. The summed E-state index contributed by atoms with van der Waals surface area (Å²) in [5.74, 6) is -1.36. The number of hydrogen-bond acceptors (Lipinski definition) is 3. The first kappa shape index (κ1) is 16.9. The average Bonchev–Trinajstić information content (AvgIpc) is 2.63. The minimum absolute atomic E-state index is 0.310. The summed E-state index contributed by atoms with van der Waals surface area (Å²) in [6.45, 7) is 1.37. The third-order valence-corrected chi connectivity index (χ3v) is 4.51. The van der Waals surface area contributed by atoms with E-state index in [-0.39, 0.29) is 0 Å². The molecule has 1 aliphatic heterocycles. The van der Waals surface area contributed by atoms with Crippen LogP contribution in [0.5, 0.6) is 5.75 Å². The molecule has 0 aliphatic carbocycles. The van der Waals surface area contributed by atoms with E-state index < -0.39 is 11.6 Å². The Bertz CT molecular complexity index is 679. The van der Waals surface area contributed by atoms with Gasteiger partial charge in [0.05, 0.1) is 7.11 Å². The smallest absolute Gasteiger partial charge is 0.162 e. The Morgan fingerprint density at radius 3 is 2.67 bits per heavy atom. The van der Waals surface area contributed by atoms with E-state index in [4.69, 9.17) is 4.74 Å². The van der Waals surface area contributed by atoms with E-state index >= 15 is 0 Å². The first-order valence-electron chi connectivity index (χ1n) is 8.21. The number of hydrogen-bond donors (Lipinski definition) is 2. The second kappa shape index (κ2) is 7.73. The van der Waals surface area contributed by atoms with E-state index in [2.05, 4.69) is 22.8 Å². The van der Waals surface area contributed by atoms with Crippen LogP contribution in [-0.2, 0) is 6.54 Å². The van der Waals surface area contributed by atoms with Crippen molar-refractivity contribution in [3.05, 3.63) is 65.2 Å². The molecular formula is C19H22F2N2O. The molecule has 128 valence electrons. The van der Waals surface area contributed by atoms with Crippen LogP contribution in [0.3, 0.4) is 0 Å². The van der Waals surface area contributed by atoms with Crippen molar-refractivity contribution < 1.29 is 13.5 Å². The zero-order chi connectivity index (χ0) is 16.9. The summed E-state index contributed by atoms with van der Waals surface area (Å²) < 4.78 is 31.9. The van der Waals surface area contributed by atoms with Crippen molar-refractivity contribution in [2.24, 2.45) is 0 Å². The monoisotopic (exact) mass is 332 g/mol. The summed E-state index contributed by atoms with van der Waals surface area (Å²) in [4.78, 5) is 0. The number of rotatable bonds is 5. The Morgan fingerprint density at radius 1 is 1.17 bits per heavy atom. The van der Waals surface area contributed by atoms with Crippen LogP contribution in [0.1, 0.15) is 30.0 Å². The highest BCUT2D eigenvalue weighted by molar-refractivity contribution is 5.34. The highest BCUT2D eigenvalue weighted by Gasteiger charge is 2.22. The highest BCUT2D eigenvalue weighted by Crippen LogP contribution is 2.25. The lowest BCUT2D eigenvalue weighted by Crippen LogP contribution is -2.41. The van der Waals surface area contributed by atoms with Crippen molar-refractivity contribution in [3.63, 3.8) is 0 Å². The van der Waals surface area contributed by atoms with E-state index in [0.717, 1.165) is 25.5 Å². The minimum Gasteiger partial charge on any atom is -0.496 e. The number of halogens is 2. The van der Waals surface area contributed by atoms with Crippen LogP contribution in [0.15, 0.2) is 42.5 Å². The summed E-state index contributed by atoms with van der Waals surface area (Å²) in [5, 5.41) is 6.98. The largest absolute Gasteiger partial charge is 0.496 e. The Labute approximate surface area is 141 Å². The van der Waals surface area contributed by atoms with Crippen molar-refractivity contribution in [2.75, 3.05) is 13.7 Å². The van der Waals surface area contributed by atoms with E-state index in [0.29, 0.717) is 29.9 Å². The molecule has 1 saturated heterocycles. The lowest BCUT2D eigenvalue weighted by molar-refractivity contribution is 0.319. The standard InChI is InChI=1S/C19H22F2N2O/c1-24-19-11-17(21)16(20)9-14(19)12-23-15-7-8-22-18(10-15)13-5-3-2-4-6-13/h2-6,9,11,15,18,22-23H,7-8,10,12H2,1H3. The maximum Gasteiger partial charge on any atom is 0.162 e. The summed E-state index contributed by atoms with van der Waals surface area (Å²) in [6, 6.07) is 13.3. The predicted octanol–water partition coefficient (Wildman–Crippen LogP) is 3.56. The van der Waals surface area contributed by atoms with Crippen molar-refractivity contribution in [2.45, 2.75) is 31.5 Å². The van der Waals surface area contributed by atoms with Gasteiger partial charge in [0.1, 0.15) is 5.75 Å². The van der Waals surface area contributed by atoms with Gasteiger partial charge in [-0.15, -0.1) is 0 Å². The van der Waals surface area contributed by atoms with Gasteiger partial charge in [0, 0.05) is 30.3 Å². The Hall–Kier alpha value is -1.98. The molecule has 0 saturated carbocycles. The topological polar surface area (TPSA) is 33.3 Å². The van der Waals surface area contributed by atoms with Gasteiger partial charge in [0.15, 0.2) is 11.6 Å². The van der Waals surface area contributed by atoms with E-state index in [9.17, 15) is 8.78 Å². The lowest BCUT2D eigenvalue weighted by Gasteiger charge is -2.31. The van der Waals surface area contributed by atoms with Crippen LogP contribution < -0.4 is 15.4 Å².